The molecule has 2 aliphatic heterocycles. The molecule has 1 saturated heterocycles. The number of likely N-dealkylation sites (tertiary alicyclic amines) is 1. The number of hydrogen-bond donors (Lipinski definition) is 0. The summed E-state index contributed by atoms with van der Waals surface area (Å²) in [7, 11) is 1.64. The van der Waals surface area contributed by atoms with Crippen LogP contribution in [0.2, 0.25) is 0 Å². The van der Waals surface area contributed by atoms with Gasteiger partial charge in [-0.15, -0.1) is 0 Å². The van der Waals surface area contributed by atoms with Crippen molar-refractivity contribution in [2.45, 2.75) is 32.7 Å². The minimum Gasteiger partial charge on any atom is -0.481 e. The average Bonchev–Trinajstić information content (AvgIpc) is 3.23. The van der Waals surface area contributed by atoms with Crippen molar-refractivity contribution in [1.82, 2.24) is 14.9 Å². The molecule has 2 aliphatic rings. The molecule has 0 radical (unpaired) electrons. The Kier molecular flexibility index (Phi) is 4.76. The number of aryl methyl sites for hydroxylation is 1. The summed E-state index contributed by atoms with van der Waals surface area (Å²) in [4.78, 5) is 11.0. The van der Waals surface area contributed by atoms with Crippen LogP contribution in [0.3, 0.4) is 0 Å². The molecule has 0 aromatic carbocycles. The molecule has 4 rings (SSSR count). The fourth-order valence-corrected chi connectivity index (χ4v) is 3.92. The number of fused-ring (bicyclic) bond motifs is 1. The number of ether oxygens (including phenoxy) is 2. The van der Waals surface area contributed by atoms with Crippen LogP contribution in [0.5, 0.6) is 11.8 Å². The Labute approximate surface area is 153 Å². The van der Waals surface area contributed by atoms with Gasteiger partial charge in [-0.1, -0.05) is 0 Å². The van der Waals surface area contributed by atoms with Gasteiger partial charge in [0.2, 0.25) is 11.8 Å². The Morgan fingerprint density at radius 1 is 1.31 bits per heavy atom. The molecule has 0 N–H and O–H groups in total. The Morgan fingerprint density at radius 3 is 3.04 bits per heavy atom. The highest BCUT2D eigenvalue weighted by atomic mass is 19.1. The molecule has 138 valence electrons. The van der Waals surface area contributed by atoms with Gasteiger partial charge in [0.05, 0.1) is 19.4 Å². The molecule has 0 aliphatic carbocycles. The smallest absolute Gasteiger partial charge is 0.217 e. The molecule has 6 heteroatoms. The number of pyridine rings is 2. The normalized spacial score (nSPS) is 19.4. The highest BCUT2D eigenvalue weighted by Crippen LogP contribution is 2.28. The van der Waals surface area contributed by atoms with Crippen molar-refractivity contribution < 1.29 is 13.9 Å². The maximum absolute atomic E-state index is 14.3. The quantitative estimate of drug-likeness (QED) is 0.823. The van der Waals surface area contributed by atoms with E-state index in [1.54, 1.807) is 13.2 Å². The number of rotatable bonds is 5. The fraction of sp³-hybridized carbons (Fsp3) is 0.500. The van der Waals surface area contributed by atoms with Crippen molar-refractivity contribution in [2.75, 3.05) is 26.8 Å². The van der Waals surface area contributed by atoms with Gasteiger partial charge in [0.1, 0.15) is 5.82 Å². The summed E-state index contributed by atoms with van der Waals surface area (Å²) < 4.78 is 25.0. The van der Waals surface area contributed by atoms with Crippen LogP contribution >= 0.6 is 0 Å². The summed E-state index contributed by atoms with van der Waals surface area (Å²) in [6.45, 7) is 5.04. The Bertz CT molecular complexity index is 812. The van der Waals surface area contributed by atoms with Gasteiger partial charge < -0.3 is 9.47 Å². The van der Waals surface area contributed by atoms with Crippen molar-refractivity contribution >= 4 is 0 Å². The molecular weight excluding hydrogens is 333 g/mol. The number of nitrogens with zero attached hydrogens (tertiary/aromatic N) is 3. The van der Waals surface area contributed by atoms with Gasteiger partial charge in [-0.2, -0.15) is 0 Å². The van der Waals surface area contributed by atoms with Gasteiger partial charge in [-0.25, -0.2) is 14.4 Å². The van der Waals surface area contributed by atoms with E-state index >= 15 is 0 Å². The van der Waals surface area contributed by atoms with E-state index in [0.29, 0.717) is 36.5 Å². The number of halogens is 1. The van der Waals surface area contributed by atoms with E-state index in [1.165, 1.54) is 5.56 Å². The molecule has 0 bridgehead atoms. The zero-order valence-corrected chi connectivity index (χ0v) is 15.3. The third-order valence-corrected chi connectivity index (χ3v) is 5.16. The first-order valence-electron chi connectivity index (χ1n) is 9.15. The van der Waals surface area contributed by atoms with Gasteiger partial charge in [-0.05, 0) is 49.9 Å². The molecule has 2 aromatic rings. The zero-order chi connectivity index (χ0) is 18.1. The molecule has 5 nitrogen and oxygen atoms in total. The maximum Gasteiger partial charge on any atom is 0.217 e. The van der Waals surface area contributed by atoms with Crippen molar-refractivity contribution in [3.05, 3.63) is 46.5 Å². The minimum absolute atomic E-state index is 0.216. The highest BCUT2D eigenvalue weighted by molar-refractivity contribution is 5.32. The van der Waals surface area contributed by atoms with E-state index in [9.17, 15) is 4.39 Å². The molecule has 1 atom stereocenters. The lowest BCUT2D eigenvalue weighted by Crippen LogP contribution is -2.22. The molecule has 2 aromatic heterocycles. The minimum atomic E-state index is -0.216. The second-order valence-corrected chi connectivity index (χ2v) is 7.23. The molecule has 26 heavy (non-hydrogen) atoms. The molecule has 0 amide bonds. The van der Waals surface area contributed by atoms with Gasteiger partial charge in [-0.3, -0.25) is 4.90 Å². The van der Waals surface area contributed by atoms with Crippen molar-refractivity contribution in [2.24, 2.45) is 5.92 Å². The van der Waals surface area contributed by atoms with Gasteiger partial charge in [0.15, 0.2) is 0 Å². The molecule has 0 saturated carbocycles. The van der Waals surface area contributed by atoms with E-state index in [0.717, 1.165) is 43.6 Å². The van der Waals surface area contributed by atoms with Gasteiger partial charge in [0, 0.05) is 36.8 Å². The van der Waals surface area contributed by atoms with E-state index in [2.05, 4.69) is 20.9 Å². The SMILES string of the molecule is COc1cc(C[C@H]2CCN(Cc3nc4c(cc3F)CCO4)C2)cc(C)n1. The van der Waals surface area contributed by atoms with Crippen LogP contribution in [0.1, 0.15) is 28.9 Å². The first kappa shape index (κ1) is 17.2. The monoisotopic (exact) mass is 357 g/mol. The highest BCUT2D eigenvalue weighted by Gasteiger charge is 2.25. The van der Waals surface area contributed by atoms with Gasteiger partial charge in [0.25, 0.3) is 0 Å². The number of methoxy groups -OCH3 is 1. The van der Waals surface area contributed by atoms with Crippen LogP contribution in [-0.2, 0) is 19.4 Å². The van der Waals surface area contributed by atoms with Crippen molar-refractivity contribution in [1.29, 1.82) is 0 Å². The third-order valence-electron chi connectivity index (χ3n) is 5.16. The predicted octanol–water partition coefficient (Wildman–Crippen LogP) is 2.93. The lowest BCUT2D eigenvalue weighted by Gasteiger charge is -2.17. The average molecular weight is 357 g/mol. The second kappa shape index (κ2) is 7.19. The fourth-order valence-electron chi connectivity index (χ4n) is 3.92. The Hall–Kier alpha value is -2.21. The first-order valence-corrected chi connectivity index (χ1v) is 9.15. The molecule has 0 spiro atoms. The van der Waals surface area contributed by atoms with E-state index < -0.39 is 0 Å². The summed E-state index contributed by atoms with van der Waals surface area (Å²) in [6.07, 6.45) is 2.84. The number of aromatic nitrogens is 2. The van der Waals surface area contributed by atoms with Crippen LogP contribution in [0, 0.1) is 18.7 Å². The van der Waals surface area contributed by atoms with Crippen LogP contribution in [0.25, 0.3) is 0 Å². The van der Waals surface area contributed by atoms with Gasteiger partial charge >= 0.3 is 0 Å². The Balaban J connectivity index is 1.39. The molecular formula is C20H24FN3O2. The largest absolute Gasteiger partial charge is 0.481 e. The van der Waals surface area contributed by atoms with Crippen LogP contribution in [0.4, 0.5) is 4.39 Å². The molecule has 0 unspecified atom stereocenters. The first-order chi connectivity index (χ1) is 12.6. The van der Waals surface area contributed by atoms with E-state index in [1.807, 2.05) is 13.0 Å². The lowest BCUT2D eigenvalue weighted by atomic mass is 9.99. The summed E-state index contributed by atoms with van der Waals surface area (Å²) >= 11 is 0. The topological polar surface area (TPSA) is 47.5 Å². The van der Waals surface area contributed by atoms with E-state index in [4.69, 9.17) is 9.47 Å². The van der Waals surface area contributed by atoms with Crippen LogP contribution in [-0.4, -0.2) is 41.7 Å². The molecule has 1 fully saturated rings. The maximum atomic E-state index is 14.3. The summed E-state index contributed by atoms with van der Waals surface area (Å²) in [6, 6.07) is 5.71. The summed E-state index contributed by atoms with van der Waals surface area (Å²) in [5.74, 6) is 1.61. The van der Waals surface area contributed by atoms with Crippen molar-refractivity contribution in [3.63, 3.8) is 0 Å². The van der Waals surface area contributed by atoms with Crippen LogP contribution in [0.15, 0.2) is 18.2 Å². The van der Waals surface area contributed by atoms with E-state index in [-0.39, 0.29) is 5.82 Å². The summed E-state index contributed by atoms with van der Waals surface area (Å²) in [5.41, 5.74) is 3.59. The van der Waals surface area contributed by atoms with Crippen LogP contribution < -0.4 is 9.47 Å². The summed E-state index contributed by atoms with van der Waals surface area (Å²) in [5, 5.41) is 0. The lowest BCUT2D eigenvalue weighted by molar-refractivity contribution is 0.301. The standard InChI is InChI=1S/C20H24FN3O2/c1-13-7-15(9-19(22-13)25-2)8-14-3-5-24(11-14)12-18-17(21)10-16-4-6-26-20(16)23-18/h7,9-10,14H,3-6,8,11-12H2,1-2H3/t14-/m1/s1. The second-order valence-electron chi connectivity index (χ2n) is 7.23. The number of hydrogen-bond acceptors (Lipinski definition) is 5. The predicted molar refractivity (Wildman–Crippen MR) is 96.0 cm³/mol. The van der Waals surface area contributed by atoms with Crippen molar-refractivity contribution in [3.8, 4) is 11.8 Å². The Morgan fingerprint density at radius 2 is 2.19 bits per heavy atom. The third kappa shape index (κ3) is 3.65. The molecule has 4 heterocycles. The zero-order valence-electron chi connectivity index (χ0n) is 15.3.